The van der Waals surface area contributed by atoms with Crippen LogP contribution >= 0.6 is 0 Å². The van der Waals surface area contributed by atoms with Gasteiger partial charge in [-0.3, -0.25) is 9.89 Å². The van der Waals surface area contributed by atoms with Gasteiger partial charge in [0.05, 0.1) is 31.5 Å². The molecule has 7 rings (SSSR count). The molecular formula is C42H36F2N4O7. The fourth-order valence-electron chi connectivity index (χ4n) is 6.30. The molecule has 1 aromatic heterocycles. The number of carbonyl (C=O) groups is 1. The molecule has 1 aliphatic carbocycles. The lowest BCUT2D eigenvalue weighted by molar-refractivity contribution is -0.199. The maximum Gasteiger partial charge on any atom is 0.352 e. The van der Waals surface area contributed by atoms with Crippen molar-refractivity contribution in [3.05, 3.63) is 137 Å². The Labute approximate surface area is 316 Å². The van der Waals surface area contributed by atoms with Crippen LogP contribution in [0.2, 0.25) is 0 Å². The summed E-state index contributed by atoms with van der Waals surface area (Å²) in [5.74, 6) is -3.77. The molecule has 1 fully saturated rings. The lowest BCUT2D eigenvalue weighted by Crippen LogP contribution is -2.63. The number of nitrogens with zero attached hydrogens (tertiary/aromatic N) is 4. The number of hydrogen-bond donors (Lipinski definition) is 0. The zero-order chi connectivity index (χ0) is 38.4. The quantitative estimate of drug-likeness (QED) is 0.103. The fourth-order valence-corrected chi connectivity index (χ4v) is 6.30. The number of halogens is 2. The summed E-state index contributed by atoms with van der Waals surface area (Å²) in [5.41, 5.74) is 1.02. The average Bonchev–Trinajstić information content (AvgIpc) is 3.64. The summed E-state index contributed by atoms with van der Waals surface area (Å²) in [4.78, 5) is 23.5. The van der Waals surface area contributed by atoms with Crippen LogP contribution in [0.4, 0.5) is 8.78 Å². The largest absolute Gasteiger partial charge is 0.485 e. The first-order chi connectivity index (χ1) is 26.8. The van der Waals surface area contributed by atoms with E-state index in [2.05, 4.69) is 9.98 Å². The van der Waals surface area contributed by atoms with Crippen molar-refractivity contribution >= 4 is 12.2 Å². The summed E-state index contributed by atoms with van der Waals surface area (Å²) < 4.78 is 67.0. The minimum absolute atomic E-state index is 0.00960. The molecule has 1 aliphatic heterocycles. The minimum atomic E-state index is -1.42. The molecule has 11 nitrogen and oxygen atoms in total. The zero-order valence-electron chi connectivity index (χ0n) is 30.0. The molecule has 0 spiro atoms. The summed E-state index contributed by atoms with van der Waals surface area (Å²) in [6.45, 7) is 0.941. The molecule has 1 saturated carbocycles. The number of benzene rings is 4. The van der Waals surface area contributed by atoms with Gasteiger partial charge in [-0.25, -0.2) is 14.2 Å². The predicted octanol–water partition coefficient (Wildman–Crippen LogP) is 8.08. The molecule has 4 aromatic carbocycles. The normalized spacial score (nSPS) is 18.9. The maximum atomic E-state index is 16.2. The smallest absolute Gasteiger partial charge is 0.352 e. The van der Waals surface area contributed by atoms with Crippen LogP contribution in [0.1, 0.15) is 41.3 Å². The van der Waals surface area contributed by atoms with E-state index in [1.54, 1.807) is 12.3 Å². The van der Waals surface area contributed by atoms with Crippen LogP contribution in [0.5, 0.6) is 34.6 Å². The maximum absolute atomic E-state index is 16.2. The Kier molecular flexibility index (Phi) is 11.0. The van der Waals surface area contributed by atoms with E-state index in [0.29, 0.717) is 24.9 Å². The van der Waals surface area contributed by atoms with E-state index in [9.17, 15) is 10.1 Å². The number of pyridine rings is 1. The van der Waals surface area contributed by atoms with Gasteiger partial charge in [-0.05, 0) is 54.9 Å². The molecule has 2 heterocycles. The van der Waals surface area contributed by atoms with Gasteiger partial charge in [-0.2, -0.15) is 9.65 Å². The van der Waals surface area contributed by atoms with Crippen LogP contribution in [0.15, 0.2) is 108 Å². The highest BCUT2D eigenvalue weighted by Crippen LogP contribution is 2.44. The van der Waals surface area contributed by atoms with Gasteiger partial charge in [-0.15, -0.1) is 0 Å². The van der Waals surface area contributed by atoms with Crippen molar-refractivity contribution in [1.29, 1.82) is 5.26 Å². The van der Waals surface area contributed by atoms with Crippen molar-refractivity contribution < 1.29 is 42.0 Å². The van der Waals surface area contributed by atoms with Gasteiger partial charge in [-0.1, -0.05) is 60.7 Å². The molecule has 55 heavy (non-hydrogen) atoms. The highest BCUT2D eigenvalue weighted by Gasteiger charge is 2.58. The van der Waals surface area contributed by atoms with E-state index < -0.39 is 47.1 Å². The molecule has 0 amide bonds. The number of aliphatic imine (C=N–C) groups is 1. The Morgan fingerprint density at radius 2 is 1.65 bits per heavy atom. The lowest BCUT2D eigenvalue weighted by Gasteiger charge is -2.45. The molecule has 0 radical (unpaired) electrons. The van der Waals surface area contributed by atoms with Crippen molar-refractivity contribution in [3.63, 3.8) is 0 Å². The number of hydrogen-bond acceptors (Lipinski definition) is 11. The summed E-state index contributed by atoms with van der Waals surface area (Å²) in [6.07, 6.45) is 2.20. The van der Waals surface area contributed by atoms with Crippen LogP contribution in [-0.4, -0.2) is 54.5 Å². The van der Waals surface area contributed by atoms with Gasteiger partial charge in [0.15, 0.2) is 17.3 Å². The predicted molar refractivity (Wildman–Crippen MR) is 196 cm³/mol. The van der Waals surface area contributed by atoms with Crippen molar-refractivity contribution in [2.45, 2.75) is 43.9 Å². The zero-order valence-corrected chi connectivity index (χ0v) is 30.0. The molecule has 2 aliphatic rings. The summed E-state index contributed by atoms with van der Waals surface area (Å²) >= 11 is 0. The van der Waals surface area contributed by atoms with E-state index in [-0.39, 0.29) is 41.8 Å². The third-order valence-electron chi connectivity index (χ3n) is 9.34. The summed E-state index contributed by atoms with van der Waals surface area (Å²) in [5, 5.41) is 9.52. The molecular weight excluding hydrogens is 710 g/mol. The number of esters is 1. The lowest BCUT2D eigenvalue weighted by atomic mass is 9.76. The van der Waals surface area contributed by atoms with E-state index in [1.807, 2.05) is 78.7 Å². The topological polar surface area (TPSA) is 125 Å². The molecule has 5 aromatic rings. The number of methoxy groups -OCH3 is 1. The average molecular weight is 747 g/mol. The Hall–Kier alpha value is -6.36. The van der Waals surface area contributed by atoms with E-state index in [1.165, 1.54) is 37.4 Å². The Bertz CT molecular complexity index is 2240. The second-order valence-corrected chi connectivity index (χ2v) is 13.0. The SMILES string of the molecule is COC(=O)C1(Oc2ccc(Oc3c(F)cnc(Oc4cc(C#N)ccc4OCc4ccccc4)c3F)c(C3N=CCN3C)c2)CCC1OCc1ccccc1. The van der Waals surface area contributed by atoms with Gasteiger partial charge in [0.1, 0.15) is 30.4 Å². The van der Waals surface area contributed by atoms with Crippen molar-refractivity contribution in [2.75, 3.05) is 20.7 Å². The van der Waals surface area contributed by atoms with Crippen molar-refractivity contribution in [1.82, 2.24) is 9.88 Å². The summed E-state index contributed by atoms with van der Waals surface area (Å²) in [6, 6.07) is 30.0. The second-order valence-electron chi connectivity index (χ2n) is 13.0. The first-order valence-corrected chi connectivity index (χ1v) is 17.5. The minimum Gasteiger partial charge on any atom is -0.485 e. The summed E-state index contributed by atoms with van der Waals surface area (Å²) in [7, 11) is 3.12. The van der Waals surface area contributed by atoms with Crippen LogP contribution in [-0.2, 0) is 27.5 Å². The molecule has 3 unspecified atom stereocenters. The molecule has 280 valence electrons. The van der Waals surface area contributed by atoms with Crippen molar-refractivity contribution in [3.8, 4) is 40.7 Å². The molecule has 13 heteroatoms. The third kappa shape index (κ3) is 7.96. The molecule has 0 saturated heterocycles. The van der Waals surface area contributed by atoms with E-state index in [4.69, 9.17) is 28.4 Å². The number of aromatic nitrogens is 1. The van der Waals surface area contributed by atoms with Crippen LogP contribution in [0.25, 0.3) is 0 Å². The number of nitriles is 1. The number of ether oxygens (including phenoxy) is 6. The molecule has 3 atom stereocenters. The first-order valence-electron chi connectivity index (χ1n) is 17.5. The van der Waals surface area contributed by atoms with E-state index >= 15 is 8.78 Å². The molecule has 0 bridgehead atoms. The van der Waals surface area contributed by atoms with Crippen LogP contribution in [0, 0.1) is 23.0 Å². The fraction of sp³-hybridized carbons (Fsp3) is 0.238. The highest BCUT2D eigenvalue weighted by atomic mass is 19.1. The standard InChI is InChI=1S/C42H36F2N4O7/c1-48-20-19-46-39(48)31-22-30(55-42(41(49)50-2)18-17-36(42)52-26-28-11-7-4-8-12-28)14-16-33(31)53-38-32(43)24-47-40(37(38)44)54-35-21-29(23-45)13-15-34(35)51-25-27-9-5-3-6-10-27/h3-16,19,21-22,24,36,39H,17-18,20,25-26H2,1-2H3. The van der Waals surface area contributed by atoms with E-state index in [0.717, 1.165) is 17.3 Å². The Morgan fingerprint density at radius 3 is 2.31 bits per heavy atom. The first kappa shape index (κ1) is 37.0. The molecule has 0 N–H and O–H groups in total. The van der Waals surface area contributed by atoms with Gasteiger partial charge in [0.2, 0.25) is 17.2 Å². The monoisotopic (exact) mass is 746 g/mol. The Morgan fingerprint density at radius 1 is 0.927 bits per heavy atom. The van der Waals surface area contributed by atoms with Crippen LogP contribution in [0.3, 0.4) is 0 Å². The van der Waals surface area contributed by atoms with Crippen LogP contribution < -0.4 is 18.9 Å². The highest BCUT2D eigenvalue weighted by molar-refractivity contribution is 5.82. The second kappa shape index (κ2) is 16.3. The van der Waals surface area contributed by atoms with Crippen molar-refractivity contribution in [2.24, 2.45) is 4.99 Å². The number of carbonyl (C=O) groups excluding carboxylic acids is 1. The van der Waals surface area contributed by atoms with Gasteiger partial charge < -0.3 is 28.4 Å². The number of rotatable bonds is 14. The van der Waals surface area contributed by atoms with Gasteiger partial charge in [0, 0.05) is 30.8 Å². The van der Waals surface area contributed by atoms with Gasteiger partial charge >= 0.3 is 5.97 Å². The Balaban J connectivity index is 1.17. The third-order valence-corrected chi connectivity index (χ3v) is 9.34. The van der Waals surface area contributed by atoms with Gasteiger partial charge in [0.25, 0.3) is 5.88 Å².